The Kier molecular flexibility index (Phi) is 7.17. The van der Waals surface area contributed by atoms with Crippen LogP contribution in [0, 0.1) is 0 Å². The van der Waals surface area contributed by atoms with Crippen LogP contribution >= 0.6 is 11.8 Å². The summed E-state index contributed by atoms with van der Waals surface area (Å²) >= 11 is 1.49. The fraction of sp³-hybridized carbons (Fsp3) is 0.375. The number of hydrogen-bond donors (Lipinski definition) is 0. The predicted molar refractivity (Wildman–Crippen MR) is 123 cm³/mol. The lowest BCUT2D eigenvalue weighted by molar-refractivity contribution is 0.0330. The first kappa shape index (κ1) is 21.7. The van der Waals surface area contributed by atoms with Gasteiger partial charge in [0.1, 0.15) is 16.6 Å². The van der Waals surface area contributed by atoms with Crippen molar-refractivity contribution in [2.75, 3.05) is 32.9 Å². The summed E-state index contributed by atoms with van der Waals surface area (Å²) in [4.78, 5) is 24.9. The number of ketones is 1. The van der Waals surface area contributed by atoms with Gasteiger partial charge in [0.05, 0.1) is 37.1 Å². The van der Waals surface area contributed by atoms with Crippen LogP contribution in [-0.4, -0.2) is 58.8 Å². The SMILES string of the molecule is CCOc1ccc(C(=O)[C@@H](C)Sc2nc(CN3CCOCC3)nc3ccccc23)cc1. The van der Waals surface area contributed by atoms with Crippen molar-refractivity contribution < 1.29 is 14.3 Å². The minimum absolute atomic E-state index is 0.0745. The van der Waals surface area contributed by atoms with Crippen molar-refractivity contribution in [1.29, 1.82) is 0 Å². The Labute approximate surface area is 187 Å². The van der Waals surface area contributed by atoms with E-state index >= 15 is 0 Å². The third-order valence-corrected chi connectivity index (χ3v) is 6.29. The van der Waals surface area contributed by atoms with E-state index in [1.54, 1.807) is 0 Å². The Morgan fingerprint density at radius 1 is 1.13 bits per heavy atom. The van der Waals surface area contributed by atoms with Gasteiger partial charge in [-0.3, -0.25) is 9.69 Å². The molecule has 2 heterocycles. The monoisotopic (exact) mass is 437 g/mol. The number of para-hydroxylation sites is 1. The van der Waals surface area contributed by atoms with Gasteiger partial charge in [-0.1, -0.05) is 30.0 Å². The molecule has 1 saturated heterocycles. The summed E-state index contributed by atoms with van der Waals surface area (Å²) < 4.78 is 10.9. The number of benzene rings is 2. The average molecular weight is 438 g/mol. The first-order valence-corrected chi connectivity index (χ1v) is 11.5. The lowest BCUT2D eigenvalue weighted by Crippen LogP contribution is -2.36. The van der Waals surface area contributed by atoms with Crippen LogP contribution in [0.4, 0.5) is 0 Å². The maximum absolute atomic E-state index is 13.0. The van der Waals surface area contributed by atoms with Gasteiger partial charge in [-0.2, -0.15) is 0 Å². The van der Waals surface area contributed by atoms with E-state index in [2.05, 4.69) is 4.90 Å². The molecule has 1 aromatic heterocycles. The standard InChI is InChI=1S/C24H27N3O3S/c1-3-30-19-10-8-18(9-11-19)23(28)17(2)31-24-20-6-4-5-7-21(20)25-22(26-24)16-27-12-14-29-15-13-27/h4-11,17H,3,12-16H2,1-2H3/t17-/m1/s1. The highest BCUT2D eigenvalue weighted by molar-refractivity contribution is 8.00. The number of carbonyl (C=O) groups excluding carboxylic acids is 1. The lowest BCUT2D eigenvalue weighted by Gasteiger charge is -2.26. The zero-order chi connectivity index (χ0) is 21.6. The zero-order valence-corrected chi connectivity index (χ0v) is 18.7. The highest BCUT2D eigenvalue weighted by Gasteiger charge is 2.20. The van der Waals surface area contributed by atoms with Crippen LogP contribution in [0.2, 0.25) is 0 Å². The molecule has 0 N–H and O–H groups in total. The number of aromatic nitrogens is 2. The number of thioether (sulfide) groups is 1. The first-order chi connectivity index (χ1) is 15.1. The molecule has 31 heavy (non-hydrogen) atoms. The maximum atomic E-state index is 13.0. The molecule has 6 nitrogen and oxygen atoms in total. The van der Waals surface area contributed by atoms with E-state index < -0.39 is 0 Å². The zero-order valence-electron chi connectivity index (χ0n) is 17.9. The van der Waals surface area contributed by atoms with E-state index in [9.17, 15) is 4.79 Å². The number of ether oxygens (including phenoxy) is 2. The minimum Gasteiger partial charge on any atom is -0.494 e. The van der Waals surface area contributed by atoms with Gasteiger partial charge in [-0.15, -0.1) is 0 Å². The summed E-state index contributed by atoms with van der Waals surface area (Å²) in [5.74, 6) is 1.63. The van der Waals surface area contributed by atoms with Gasteiger partial charge in [0.2, 0.25) is 0 Å². The Morgan fingerprint density at radius 3 is 2.61 bits per heavy atom. The Morgan fingerprint density at radius 2 is 1.87 bits per heavy atom. The number of nitrogens with zero attached hydrogens (tertiary/aromatic N) is 3. The van der Waals surface area contributed by atoms with Gasteiger partial charge in [0.15, 0.2) is 5.78 Å². The molecule has 0 amide bonds. The summed E-state index contributed by atoms with van der Waals surface area (Å²) in [5, 5.41) is 1.55. The smallest absolute Gasteiger partial charge is 0.175 e. The van der Waals surface area contributed by atoms with Crippen molar-refractivity contribution in [3.8, 4) is 5.75 Å². The second kappa shape index (κ2) is 10.2. The summed E-state index contributed by atoms with van der Waals surface area (Å²) in [7, 11) is 0. The third kappa shape index (κ3) is 5.42. The van der Waals surface area contributed by atoms with Gasteiger partial charge >= 0.3 is 0 Å². The van der Waals surface area contributed by atoms with Crippen molar-refractivity contribution >= 4 is 28.4 Å². The number of hydrogen-bond acceptors (Lipinski definition) is 7. The molecular formula is C24H27N3O3S. The maximum Gasteiger partial charge on any atom is 0.175 e. The van der Waals surface area contributed by atoms with Crippen LogP contribution < -0.4 is 4.74 Å². The van der Waals surface area contributed by atoms with Crippen LogP contribution in [0.15, 0.2) is 53.6 Å². The van der Waals surface area contributed by atoms with Crippen molar-refractivity contribution in [3.63, 3.8) is 0 Å². The second-order valence-electron chi connectivity index (χ2n) is 7.43. The van der Waals surface area contributed by atoms with Crippen LogP contribution in [0.3, 0.4) is 0 Å². The fourth-order valence-corrected chi connectivity index (χ4v) is 4.59. The van der Waals surface area contributed by atoms with E-state index in [1.165, 1.54) is 11.8 Å². The number of fused-ring (bicyclic) bond motifs is 1. The van der Waals surface area contributed by atoms with Gasteiger partial charge in [0, 0.05) is 24.0 Å². The summed E-state index contributed by atoms with van der Waals surface area (Å²) in [6, 6.07) is 15.3. The molecule has 0 spiro atoms. The van der Waals surface area contributed by atoms with Crippen molar-refractivity contribution in [2.24, 2.45) is 0 Å². The Hall–Kier alpha value is -2.48. The van der Waals surface area contributed by atoms with Gasteiger partial charge < -0.3 is 9.47 Å². The molecule has 0 radical (unpaired) electrons. The molecule has 1 aliphatic rings. The van der Waals surface area contributed by atoms with E-state index in [1.807, 2.05) is 62.4 Å². The summed E-state index contributed by atoms with van der Waals surface area (Å²) in [6.45, 7) is 8.40. The quantitative estimate of drug-likeness (QED) is 0.297. The number of Topliss-reactive ketones (excluding diaryl/α,β-unsaturated/α-hetero) is 1. The average Bonchev–Trinajstić information content (AvgIpc) is 2.80. The van der Waals surface area contributed by atoms with Crippen LogP contribution in [0.1, 0.15) is 30.0 Å². The number of rotatable bonds is 8. The lowest BCUT2D eigenvalue weighted by atomic mass is 10.1. The Bertz CT molecular complexity index is 1040. The van der Waals surface area contributed by atoms with Crippen LogP contribution in [-0.2, 0) is 11.3 Å². The number of carbonyl (C=O) groups is 1. The van der Waals surface area contributed by atoms with Crippen LogP contribution in [0.25, 0.3) is 10.9 Å². The fourth-order valence-electron chi connectivity index (χ4n) is 3.55. The molecule has 4 rings (SSSR count). The Balaban J connectivity index is 1.55. The highest BCUT2D eigenvalue weighted by atomic mass is 32.2. The molecule has 162 valence electrons. The normalized spacial score (nSPS) is 15.7. The van der Waals surface area contributed by atoms with Crippen molar-refractivity contribution in [3.05, 3.63) is 59.9 Å². The van der Waals surface area contributed by atoms with E-state index in [0.717, 1.165) is 53.8 Å². The van der Waals surface area contributed by atoms with Crippen molar-refractivity contribution in [2.45, 2.75) is 30.7 Å². The molecule has 1 aliphatic heterocycles. The molecule has 1 atom stereocenters. The van der Waals surface area contributed by atoms with E-state index in [4.69, 9.17) is 19.4 Å². The van der Waals surface area contributed by atoms with Crippen LogP contribution in [0.5, 0.6) is 5.75 Å². The molecule has 7 heteroatoms. The molecule has 0 bridgehead atoms. The summed E-state index contributed by atoms with van der Waals surface area (Å²) in [6.07, 6.45) is 0. The van der Waals surface area contributed by atoms with Gasteiger partial charge in [-0.05, 0) is 44.2 Å². The molecule has 0 unspecified atom stereocenters. The third-order valence-electron chi connectivity index (χ3n) is 5.19. The molecule has 1 fully saturated rings. The predicted octanol–water partition coefficient (Wildman–Crippen LogP) is 4.22. The van der Waals surface area contributed by atoms with E-state index in [-0.39, 0.29) is 11.0 Å². The molecule has 3 aromatic rings. The topological polar surface area (TPSA) is 64.5 Å². The van der Waals surface area contributed by atoms with Gasteiger partial charge in [0.25, 0.3) is 0 Å². The van der Waals surface area contributed by atoms with Gasteiger partial charge in [-0.25, -0.2) is 9.97 Å². The highest BCUT2D eigenvalue weighted by Crippen LogP contribution is 2.30. The minimum atomic E-state index is -0.271. The van der Waals surface area contributed by atoms with Crippen molar-refractivity contribution in [1.82, 2.24) is 14.9 Å². The second-order valence-corrected chi connectivity index (χ2v) is 8.76. The number of morpholine rings is 1. The molecule has 0 saturated carbocycles. The molecular weight excluding hydrogens is 410 g/mol. The molecule has 2 aromatic carbocycles. The van der Waals surface area contributed by atoms with E-state index in [0.29, 0.717) is 18.7 Å². The molecule has 0 aliphatic carbocycles. The first-order valence-electron chi connectivity index (χ1n) is 10.6. The largest absolute Gasteiger partial charge is 0.494 e. The summed E-state index contributed by atoms with van der Waals surface area (Å²) in [5.41, 5.74) is 1.58.